The van der Waals surface area contributed by atoms with Crippen LogP contribution in [0, 0.1) is 18.8 Å². The maximum absolute atomic E-state index is 12.7. The molecule has 0 spiro atoms. The van der Waals surface area contributed by atoms with E-state index in [0.717, 1.165) is 22.0 Å². The van der Waals surface area contributed by atoms with Crippen molar-refractivity contribution in [1.82, 2.24) is 9.88 Å². The second-order valence-electron chi connectivity index (χ2n) is 6.08. The smallest absolute Gasteiger partial charge is 0.265 e. The first kappa shape index (κ1) is 15.9. The van der Waals surface area contributed by atoms with Crippen molar-refractivity contribution in [2.24, 2.45) is 17.6 Å². The molecule has 1 aliphatic rings. The first-order valence-corrected chi connectivity index (χ1v) is 8.25. The number of likely N-dealkylation sites (tertiary alicyclic amines) is 1. The summed E-state index contributed by atoms with van der Waals surface area (Å²) in [7, 11) is 0. The zero-order valence-corrected chi connectivity index (χ0v) is 13.7. The highest BCUT2D eigenvalue weighted by molar-refractivity contribution is 7.13. The summed E-state index contributed by atoms with van der Waals surface area (Å²) in [4.78, 5) is 31.0. The van der Waals surface area contributed by atoms with Gasteiger partial charge in [0.1, 0.15) is 4.88 Å². The summed E-state index contributed by atoms with van der Waals surface area (Å²) < 4.78 is 0. The Morgan fingerprint density at radius 1 is 1.38 bits per heavy atom. The standard InChI is InChI=1S/C15H23N3O2S/c1-9(2)8-12-13(21-10(3)17-12)15(20)18-6-4-11(5-7-18)14(16)19/h9,11H,4-8H2,1-3H3,(H2,16,19). The van der Waals surface area contributed by atoms with Crippen LogP contribution in [0.25, 0.3) is 0 Å². The van der Waals surface area contributed by atoms with E-state index in [1.165, 1.54) is 11.3 Å². The van der Waals surface area contributed by atoms with Crippen LogP contribution in [-0.2, 0) is 11.2 Å². The lowest BCUT2D eigenvalue weighted by Crippen LogP contribution is -2.41. The molecule has 0 bridgehead atoms. The lowest BCUT2D eigenvalue weighted by Gasteiger charge is -2.30. The number of amides is 2. The van der Waals surface area contributed by atoms with E-state index in [4.69, 9.17) is 5.73 Å². The maximum Gasteiger partial charge on any atom is 0.265 e. The molecule has 2 amide bonds. The fourth-order valence-electron chi connectivity index (χ4n) is 2.67. The summed E-state index contributed by atoms with van der Waals surface area (Å²) in [6.45, 7) is 7.39. The Bertz CT molecular complexity index is 531. The number of nitrogens with two attached hydrogens (primary N) is 1. The number of aryl methyl sites for hydroxylation is 1. The van der Waals surface area contributed by atoms with E-state index in [-0.39, 0.29) is 17.7 Å². The Hall–Kier alpha value is -1.43. The van der Waals surface area contributed by atoms with Gasteiger partial charge in [0.2, 0.25) is 5.91 Å². The molecule has 1 aromatic rings. The zero-order chi connectivity index (χ0) is 15.6. The molecule has 1 aromatic heterocycles. The van der Waals surface area contributed by atoms with Gasteiger partial charge in [-0.05, 0) is 32.1 Å². The van der Waals surface area contributed by atoms with Crippen molar-refractivity contribution in [3.8, 4) is 0 Å². The molecule has 2 heterocycles. The molecular formula is C15H23N3O2S. The number of hydrogen-bond acceptors (Lipinski definition) is 4. The minimum absolute atomic E-state index is 0.0548. The molecule has 0 atom stereocenters. The second kappa shape index (κ2) is 6.56. The Kier molecular flexibility index (Phi) is 4.98. The quantitative estimate of drug-likeness (QED) is 0.924. The Morgan fingerprint density at radius 2 is 2.00 bits per heavy atom. The molecular weight excluding hydrogens is 286 g/mol. The SMILES string of the molecule is Cc1nc(CC(C)C)c(C(=O)N2CCC(C(N)=O)CC2)s1. The Balaban J connectivity index is 2.09. The van der Waals surface area contributed by atoms with Gasteiger partial charge < -0.3 is 10.6 Å². The van der Waals surface area contributed by atoms with Crippen LogP contribution in [0.4, 0.5) is 0 Å². The number of primary amides is 1. The molecule has 1 saturated heterocycles. The first-order chi connectivity index (χ1) is 9.88. The number of hydrogen-bond donors (Lipinski definition) is 1. The van der Waals surface area contributed by atoms with Crippen molar-refractivity contribution in [3.05, 3.63) is 15.6 Å². The number of rotatable bonds is 4. The predicted molar refractivity (Wildman–Crippen MR) is 83.2 cm³/mol. The van der Waals surface area contributed by atoms with E-state index < -0.39 is 0 Å². The maximum atomic E-state index is 12.7. The molecule has 2 rings (SSSR count). The topological polar surface area (TPSA) is 76.3 Å². The van der Waals surface area contributed by atoms with Crippen molar-refractivity contribution in [1.29, 1.82) is 0 Å². The van der Waals surface area contributed by atoms with Crippen LogP contribution < -0.4 is 5.73 Å². The summed E-state index contributed by atoms with van der Waals surface area (Å²) in [5.74, 6) is 0.182. The highest BCUT2D eigenvalue weighted by atomic mass is 32.1. The molecule has 116 valence electrons. The molecule has 0 unspecified atom stereocenters. The van der Waals surface area contributed by atoms with Gasteiger partial charge >= 0.3 is 0 Å². The van der Waals surface area contributed by atoms with Crippen LogP contribution in [-0.4, -0.2) is 34.8 Å². The summed E-state index contributed by atoms with van der Waals surface area (Å²) in [5, 5.41) is 0.932. The number of carbonyl (C=O) groups excluding carboxylic acids is 2. The summed E-state index contributed by atoms with van der Waals surface area (Å²) in [6.07, 6.45) is 2.15. The summed E-state index contributed by atoms with van der Waals surface area (Å²) in [6, 6.07) is 0. The normalized spacial score (nSPS) is 16.5. The van der Waals surface area contributed by atoms with E-state index >= 15 is 0 Å². The molecule has 21 heavy (non-hydrogen) atoms. The second-order valence-corrected chi connectivity index (χ2v) is 7.28. The Labute approximate surface area is 129 Å². The van der Waals surface area contributed by atoms with Gasteiger partial charge in [0.05, 0.1) is 10.7 Å². The van der Waals surface area contributed by atoms with Gasteiger partial charge in [0.25, 0.3) is 5.91 Å². The van der Waals surface area contributed by atoms with Gasteiger partial charge in [-0.25, -0.2) is 4.98 Å². The van der Waals surface area contributed by atoms with Crippen LogP contribution >= 0.6 is 11.3 Å². The third-order valence-electron chi connectivity index (χ3n) is 3.78. The van der Waals surface area contributed by atoms with E-state index in [1.54, 1.807) is 0 Å². The summed E-state index contributed by atoms with van der Waals surface area (Å²) >= 11 is 1.47. The Morgan fingerprint density at radius 3 is 2.52 bits per heavy atom. The fraction of sp³-hybridized carbons (Fsp3) is 0.667. The molecule has 6 heteroatoms. The van der Waals surface area contributed by atoms with E-state index in [0.29, 0.717) is 31.8 Å². The molecule has 5 nitrogen and oxygen atoms in total. The van der Waals surface area contributed by atoms with Crippen LogP contribution in [0.3, 0.4) is 0 Å². The lowest BCUT2D eigenvalue weighted by molar-refractivity contribution is -0.123. The van der Waals surface area contributed by atoms with E-state index in [2.05, 4.69) is 18.8 Å². The average Bonchev–Trinajstić information content (AvgIpc) is 2.78. The summed E-state index contributed by atoms with van der Waals surface area (Å²) in [5.41, 5.74) is 6.24. The van der Waals surface area contributed by atoms with Crippen molar-refractivity contribution < 1.29 is 9.59 Å². The van der Waals surface area contributed by atoms with Crippen molar-refractivity contribution in [3.63, 3.8) is 0 Å². The first-order valence-electron chi connectivity index (χ1n) is 7.43. The highest BCUT2D eigenvalue weighted by Crippen LogP contribution is 2.25. The minimum atomic E-state index is -0.253. The van der Waals surface area contributed by atoms with E-state index in [9.17, 15) is 9.59 Å². The highest BCUT2D eigenvalue weighted by Gasteiger charge is 2.28. The molecule has 0 radical (unpaired) electrons. The largest absolute Gasteiger partial charge is 0.369 e. The van der Waals surface area contributed by atoms with Gasteiger partial charge in [-0.2, -0.15) is 0 Å². The third-order valence-corrected chi connectivity index (χ3v) is 4.79. The number of nitrogens with zero attached hydrogens (tertiary/aromatic N) is 2. The third kappa shape index (κ3) is 3.81. The number of piperidine rings is 1. The molecule has 2 N–H and O–H groups in total. The van der Waals surface area contributed by atoms with Gasteiger partial charge in [-0.15, -0.1) is 11.3 Å². The monoisotopic (exact) mass is 309 g/mol. The van der Waals surface area contributed by atoms with Gasteiger partial charge in [-0.3, -0.25) is 9.59 Å². The van der Waals surface area contributed by atoms with Crippen LogP contribution in [0.5, 0.6) is 0 Å². The fourth-order valence-corrected chi connectivity index (χ4v) is 3.59. The molecule has 1 aliphatic heterocycles. The van der Waals surface area contributed by atoms with Gasteiger partial charge in [0, 0.05) is 19.0 Å². The van der Waals surface area contributed by atoms with Crippen molar-refractivity contribution in [2.45, 2.75) is 40.0 Å². The average molecular weight is 309 g/mol. The van der Waals surface area contributed by atoms with Crippen LogP contribution in [0.15, 0.2) is 0 Å². The van der Waals surface area contributed by atoms with Crippen molar-refractivity contribution in [2.75, 3.05) is 13.1 Å². The molecule has 0 saturated carbocycles. The molecule has 1 fully saturated rings. The van der Waals surface area contributed by atoms with Crippen LogP contribution in [0.1, 0.15) is 47.1 Å². The van der Waals surface area contributed by atoms with Crippen molar-refractivity contribution >= 4 is 23.2 Å². The van der Waals surface area contributed by atoms with Gasteiger partial charge in [-0.1, -0.05) is 13.8 Å². The minimum Gasteiger partial charge on any atom is -0.369 e. The lowest BCUT2D eigenvalue weighted by atomic mass is 9.96. The van der Waals surface area contributed by atoms with Crippen LogP contribution in [0.2, 0.25) is 0 Å². The zero-order valence-electron chi connectivity index (χ0n) is 12.9. The molecule has 0 aliphatic carbocycles. The number of thiazole rings is 1. The van der Waals surface area contributed by atoms with E-state index in [1.807, 2.05) is 11.8 Å². The predicted octanol–water partition coefficient (Wildman–Crippen LogP) is 1.99. The number of carbonyl (C=O) groups is 2. The van der Waals surface area contributed by atoms with Gasteiger partial charge in [0.15, 0.2) is 0 Å². The molecule has 0 aromatic carbocycles. The number of aromatic nitrogens is 1.